The van der Waals surface area contributed by atoms with Gasteiger partial charge in [0.1, 0.15) is 5.75 Å². The molecule has 0 saturated carbocycles. The molecule has 2 aromatic carbocycles. The molecule has 1 aliphatic carbocycles. The highest BCUT2D eigenvalue weighted by atomic mass is 35.5. The van der Waals surface area contributed by atoms with E-state index in [-0.39, 0.29) is 11.8 Å². The van der Waals surface area contributed by atoms with E-state index in [1.54, 1.807) is 36.4 Å². The van der Waals surface area contributed by atoms with Gasteiger partial charge in [-0.05, 0) is 48.6 Å². The molecule has 1 aliphatic rings. The van der Waals surface area contributed by atoms with E-state index in [1.807, 2.05) is 6.07 Å². The number of aliphatic hydroxyl groups is 1. The highest BCUT2D eigenvalue weighted by Crippen LogP contribution is 2.26. The first kappa shape index (κ1) is 15.8. The Morgan fingerprint density at radius 2 is 2.00 bits per heavy atom. The zero-order valence-electron chi connectivity index (χ0n) is 12.5. The van der Waals surface area contributed by atoms with Gasteiger partial charge in [-0.1, -0.05) is 35.9 Å². The maximum absolute atomic E-state index is 12.3. The lowest BCUT2D eigenvalue weighted by atomic mass is 9.88. The van der Waals surface area contributed by atoms with E-state index in [9.17, 15) is 15.0 Å². The smallest absolute Gasteiger partial charge is 0.253 e. The SMILES string of the molecule is O=C(N[C@@H]1CCc2ccc(O)cc2C1)C(O)c1ccccc1Cl. The normalized spacial score (nSPS) is 18.1. The first-order valence-corrected chi connectivity index (χ1v) is 7.96. The molecule has 4 nitrogen and oxygen atoms in total. The maximum atomic E-state index is 12.3. The molecule has 0 heterocycles. The lowest BCUT2D eigenvalue weighted by Crippen LogP contribution is -2.41. The summed E-state index contributed by atoms with van der Waals surface area (Å²) in [6.45, 7) is 0. The van der Waals surface area contributed by atoms with Gasteiger partial charge < -0.3 is 15.5 Å². The third-order valence-electron chi connectivity index (χ3n) is 4.21. The summed E-state index contributed by atoms with van der Waals surface area (Å²) in [7, 11) is 0. The molecular formula is C18H18ClNO3. The number of carbonyl (C=O) groups excluding carboxylic acids is 1. The van der Waals surface area contributed by atoms with E-state index in [2.05, 4.69) is 5.32 Å². The van der Waals surface area contributed by atoms with Crippen molar-refractivity contribution in [2.75, 3.05) is 0 Å². The van der Waals surface area contributed by atoms with Crippen LogP contribution in [0, 0.1) is 0 Å². The predicted octanol–water partition coefficient (Wildman–Crippen LogP) is 2.75. The zero-order chi connectivity index (χ0) is 16.4. The molecule has 0 radical (unpaired) electrons. The van der Waals surface area contributed by atoms with E-state index in [0.29, 0.717) is 17.0 Å². The lowest BCUT2D eigenvalue weighted by molar-refractivity contribution is -0.130. The van der Waals surface area contributed by atoms with Crippen LogP contribution in [0.1, 0.15) is 29.2 Å². The van der Waals surface area contributed by atoms with Gasteiger partial charge in [0, 0.05) is 16.6 Å². The molecule has 3 N–H and O–H groups in total. The van der Waals surface area contributed by atoms with Crippen LogP contribution in [0.3, 0.4) is 0 Å². The van der Waals surface area contributed by atoms with E-state index in [1.165, 1.54) is 5.56 Å². The molecule has 2 aromatic rings. The number of fused-ring (bicyclic) bond motifs is 1. The van der Waals surface area contributed by atoms with Crippen molar-refractivity contribution in [1.82, 2.24) is 5.32 Å². The zero-order valence-corrected chi connectivity index (χ0v) is 13.3. The Hall–Kier alpha value is -2.04. The number of benzene rings is 2. The number of rotatable bonds is 3. The number of nitrogens with one attached hydrogen (secondary N) is 1. The van der Waals surface area contributed by atoms with Crippen molar-refractivity contribution in [3.05, 3.63) is 64.2 Å². The second kappa shape index (κ2) is 6.60. The minimum absolute atomic E-state index is 0.0612. The van der Waals surface area contributed by atoms with Crippen molar-refractivity contribution in [1.29, 1.82) is 0 Å². The number of hydrogen-bond acceptors (Lipinski definition) is 3. The van der Waals surface area contributed by atoms with Crippen LogP contribution < -0.4 is 5.32 Å². The van der Waals surface area contributed by atoms with Crippen LogP contribution in [0.25, 0.3) is 0 Å². The Labute approximate surface area is 139 Å². The molecule has 120 valence electrons. The third kappa shape index (κ3) is 3.49. The molecule has 23 heavy (non-hydrogen) atoms. The van der Waals surface area contributed by atoms with Crippen LogP contribution in [0.4, 0.5) is 0 Å². The fourth-order valence-electron chi connectivity index (χ4n) is 2.98. The number of hydrogen-bond donors (Lipinski definition) is 3. The molecule has 3 rings (SSSR count). The van der Waals surface area contributed by atoms with Crippen LogP contribution in [0.15, 0.2) is 42.5 Å². The number of phenolic OH excluding ortho intramolecular Hbond substituents is 1. The van der Waals surface area contributed by atoms with Crippen molar-refractivity contribution >= 4 is 17.5 Å². The highest BCUT2D eigenvalue weighted by molar-refractivity contribution is 6.31. The minimum atomic E-state index is -1.28. The summed E-state index contributed by atoms with van der Waals surface area (Å²) in [4.78, 5) is 12.3. The Kier molecular flexibility index (Phi) is 4.55. The van der Waals surface area contributed by atoms with Gasteiger partial charge in [0.15, 0.2) is 6.10 Å². The molecule has 0 bridgehead atoms. The Balaban J connectivity index is 1.68. The molecule has 1 amide bonds. The average Bonchev–Trinajstić information content (AvgIpc) is 2.54. The van der Waals surface area contributed by atoms with E-state index < -0.39 is 12.0 Å². The van der Waals surface area contributed by atoms with Gasteiger partial charge >= 0.3 is 0 Å². The third-order valence-corrected chi connectivity index (χ3v) is 4.56. The van der Waals surface area contributed by atoms with Gasteiger partial charge in [0.05, 0.1) is 0 Å². The monoisotopic (exact) mass is 331 g/mol. The minimum Gasteiger partial charge on any atom is -0.508 e. The first-order valence-electron chi connectivity index (χ1n) is 7.58. The van der Waals surface area contributed by atoms with Crippen molar-refractivity contribution in [2.24, 2.45) is 0 Å². The van der Waals surface area contributed by atoms with Gasteiger partial charge in [-0.2, -0.15) is 0 Å². The molecule has 0 spiro atoms. The number of aliphatic hydroxyl groups excluding tert-OH is 1. The number of halogens is 1. The van der Waals surface area contributed by atoms with Crippen LogP contribution >= 0.6 is 11.6 Å². The summed E-state index contributed by atoms with van der Waals surface area (Å²) in [5.74, 6) is -0.224. The van der Waals surface area contributed by atoms with E-state index in [0.717, 1.165) is 18.4 Å². The van der Waals surface area contributed by atoms with Gasteiger partial charge in [-0.3, -0.25) is 4.79 Å². The summed E-state index contributed by atoms with van der Waals surface area (Å²) in [5, 5.41) is 23.0. The fraction of sp³-hybridized carbons (Fsp3) is 0.278. The summed E-state index contributed by atoms with van der Waals surface area (Å²) >= 11 is 6.02. The number of amides is 1. The van der Waals surface area contributed by atoms with Crippen molar-refractivity contribution in [2.45, 2.75) is 31.4 Å². The molecular weight excluding hydrogens is 314 g/mol. The molecule has 2 atom stereocenters. The average molecular weight is 332 g/mol. The lowest BCUT2D eigenvalue weighted by Gasteiger charge is -2.26. The number of phenols is 1. The molecule has 1 unspecified atom stereocenters. The summed E-state index contributed by atoms with van der Waals surface area (Å²) in [6, 6.07) is 12.0. The summed E-state index contributed by atoms with van der Waals surface area (Å²) in [5.41, 5.74) is 2.63. The second-order valence-corrected chi connectivity index (χ2v) is 6.23. The van der Waals surface area contributed by atoms with Crippen molar-refractivity contribution in [3.63, 3.8) is 0 Å². The van der Waals surface area contributed by atoms with Gasteiger partial charge in [0.25, 0.3) is 5.91 Å². The predicted molar refractivity (Wildman–Crippen MR) is 88.5 cm³/mol. The molecule has 0 aliphatic heterocycles. The fourth-order valence-corrected chi connectivity index (χ4v) is 3.22. The number of aryl methyl sites for hydroxylation is 1. The molecule has 0 aromatic heterocycles. The van der Waals surface area contributed by atoms with Crippen molar-refractivity contribution < 1.29 is 15.0 Å². The number of aromatic hydroxyl groups is 1. The largest absolute Gasteiger partial charge is 0.508 e. The van der Waals surface area contributed by atoms with Gasteiger partial charge in [-0.15, -0.1) is 0 Å². The Bertz CT molecular complexity index is 732. The maximum Gasteiger partial charge on any atom is 0.253 e. The summed E-state index contributed by atoms with van der Waals surface area (Å²) in [6.07, 6.45) is 1.00. The first-order chi connectivity index (χ1) is 11.0. The van der Waals surface area contributed by atoms with E-state index >= 15 is 0 Å². The summed E-state index contributed by atoms with van der Waals surface area (Å²) < 4.78 is 0. The number of carbonyl (C=O) groups is 1. The molecule has 0 saturated heterocycles. The van der Waals surface area contributed by atoms with Crippen molar-refractivity contribution in [3.8, 4) is 5.75 Å². The van der Waals surface area contributed by atoms with Crippen LogP contribution in [-0.4, -0.2) is 22.2 Å². The molecule has 0 fully saturated rings. The van der Waals surface area contributed by atoms with E-state index in [4.69, 9.17) is 11.6 Å². The van der Waals surface area contributed by atoms with Crippen LogP contribution in [0.5, 0.6) is 5.75 Å². The van der Waals surface area contributed by atoms with Crippen LogP contribution in [-0.2, 0) is 17.6 Å². The molecule has 5 heteroatoms. The second-order valence-electron chi connectivity index (χ2n) is 5.83. The standard InChI is InChI=1S/C18H18ClNO3/c19-16-4-2-1-3-15(16)17(22)18(23)20-13-7-5-11-6-8-14(21)10-12(11)9-13/h1-4,6,8,10,13,17,21-22H,5,7,9H2,(H,20,23)/t13-,17?/m1/s1. The highest BCUT2D eigenvalue weighted by Gasteiger charge is 2.25. The Morgan fingerprint density at radius 1 is 1.22 bits per heavy atom. The van der Waals surface area contributed by atoms with Gasteiger partial charge in [0.2, 0.25) is 0 Å². The Morgan fingerprint density at radius 3 is 2.78 bits per heavy atom. The van der Waals surface area contributed by atoms with Crippen LogP contribution in [0.2, 0.25) is 5.02 Å². The van der Waals surface area contributed by atoms with Gasteiger partial charge in [-0.25, -0.2) is 0 Å². The topological polar surface area (TPSA) is 69.6 Å². The quantitative estimate of drug-likeness (QED) is 0.810.